The first-order valence-electron chi connectivity index (χ1n) is 11.8. The first kappa shape index (κ1) is 26.4. The second-order valence-electron chi connectivity index (χ2n) is 8.54. The van der Waals surface area contributed by atoms with E-state index in [0.29, 0.717) is 28.6 Å². The number of rotatable bonds is 11. The van der Waals surface area contributed by atoms with Crippen molar-refractivity contribution >= 4 is 10.0 Å². The van der Waals surface area contributed by atoms with Crippen molar-refractivity contribution in [3.8, 4) is 23.1 Å². The highest BCUT2D eigenvalue weighted by molar-refractivity contribution is 7.89. The maximum Gasteiger partial charge on any atom is 0.243 e. The van der Waals surface area contributed by atoms with Crippen LogP contribution in [0.2, 0.25) is 0 Å². The maximum absolute atomic E-state index is 13.7. The van der Waals surface area contributed by atoms with Gasteiger partial charge in [-0.3, -0.25) is 0 Å². The summed E-state index contributed by atoms with van der Waals surface area (Å²) in [6, 6.07) is 23.7. The van der Waals surface area contributed by atoms with E-state index in [-0.39, 0.29) is 24.6 Å². The molecule has 0 bridgehead atoms. The number of hydrogen-bond donors (Lipinski definition) is 0. The van der Waals surface area contributed by atoms with Crippen LogP contribution in [0.5, 0.6) is 17.4 Å². The minimum absolute atomic E-state index is 0.0531. The molecule has 3 aromatic carbocycles. The molecule has 0 atom stereocenters. The van der Waals surface area contributed by atoms with Crippen LogP contribution >= 0.6 is 0 Å². The van der Waals surface area contributed by atoms with E-state index in [1.807, 2.05) is 68.4 Å². The molecule has 4 rings (SSSR count). The van der Waals surface area contributed by atoms with Crippen LogP contribution in [0.1, 0.15) is 16.8 Å². The third-order valence-electron chi connectivity index (χ3n) is 5.92. The highest BCUT2D eigenvalue weighted by Gasteiger charge is 2.29. The van der Waals surface area contributed by atoms with Gasteiger partial charge in [-0.2, -0.15) is 9.40 Å². The SMILES string of the molecule is COCCN(Cc1c(C)nn(-c2ccccc2)c1Oc1cccc(C)c1)S(=O)(=O)c1ccc(OC)cc1. The summed E-state index contributed by atoms with van der Waals surface area (Å²) in [6.45, 7) is 4.28. The minimum atomic E-state index is -3.86. The number of para-hydroxylation sites is 1. The van der Waals surface area contributed by atoms with Gasteiger partial charge in [-0.1, -0.05) is 30.3 Å². The zero-order valence-electron chi connectivity index (χ0n) is 21.4. The molecule has 1 aromatic heterocycles. The van der Waals surface area contributed by atoms with Crippen molar-refractivity contribution in [1.29, 1.82) is 0 Å². The molecule has 37 heavy (non-hydrogen) atoms. The van der Waals surface area contributed by atoms with Crippen LogP contribution in [0.3, 0.4) is 0 Å². The predicted octanol–water partition coefficient (Wildman–Crippen LogP) is 5.13. The molecule has 0 unspecified atom stereocenters. The van der Waals surface area contributed by atoms with Crippen molar-refractivity contribution < 1.29 is 22.6 Å². The largest absolute Gasteiger partial charge is 0.497 e. The standard InChI is InChI=1S/C28H31N3O5S/c1-21-9-8-12-25(19-21)36-28-27(22(2)29-31(28)23-10-6-5-7-11-23)20-30(17-18-34-3)37(32,33)26-15-13-24(35-4)14-16-26/h5-16,19H,17-18,20H2,1-4H3. The Bertz CT molecular complexity index is 1430. The number of sulfonamides is 1. The lowest BCUT2D eigenvalue weighted by atomic mass is 10.2. The summed E-state index contributed by atoms with van der Waals surface area (Å²) in [6.07, 6.45) is 0. The molecule has 0 radical (unpaired) electrons. The van der Waals surface area contributed by atoms with Crippen LogP contribution in [0.15, 0.2) is 83.8 Å². The van der Waals surface area contributed by atoms with E-state index in [1.165, 1.54) is 11.4 Å². The lowest BCUT2D eigenvalue weighted by Crippen LogP contribution is -2.33. The Morgan fingerprint density at radius 2 is 1.62 bits per heavy atom. The highest BCUT2D eigenvalue weighted by Crippen LogP contribution is 2.33. The molecule has 0 amide bonds. The Balaban J connectivity index is 1.79. The zero-order chi connectivity index (χ0) is 26.4. The summed E-state index contributed by atoms with van der Waals surface area (Å²) in [5.41, 5.74) is 3.18. The summed E-state index contributed by atoms with van der Waals surface area (Å²) in [4.78, 5) is 0.165. The Hall–Kier alpha value is -3.66. The van der Waals surface area contributed by atoms with E-state index in [1.54, 1.807) is 36.1 Å². The first-order valence-corrected chi connectivity index (χ1v) is 13.3. The zero-order valence-corrected chi connectivity index (χ0v) is 22.2. The molecule has 0 aliphatic carbocycles. The van der Waals surface area contributed by atoms with Crippen molar-refractivity contribution in [3.63, 3.8) is 0 Å². The molecule has 9 heteroatoms. The van der Waals surface area contributed by atoms with Crippen LogP contribution in [-0.2, 0) is 21.3 Å². The summed E-state index contributed by atoms with van der Waals surface area (Å²) in [5.74, 6) is 1.68. The van der Waals surface area contributed by atoms with Gasteiger partial charge < -0.3 is 14.2 Å². The number of ether oxygens (including phenoxy) is 3. The average Bonchev–Trinajstić information content (AvgIpc) is 3.21. The van der Waals surface area contributed by atoms with Crippen LogP contribution in [0, 0.1) is 13.8 Å². The molecule has 0 fully saturated rings. The summed E-state index contributed by atoms with van der Waals surface area (Å²) < 4.78 is 47.3. The minimum Gasteiger partial charge on any atom is -0.497 e. The van der Waals surface area contributed by atoms with E-state index >= 15 is 0 Å². The number of aromatic nitrogens is 2. The Kier molecular flexibility index (Phi) is 8.27. The van der Waals surface area contributed by atoms with E-state index in [0.717, 1.165) is 11.3 Å². The molecule has 4 aromatic rings. The van der Waals surface area contributed by atoms with Crippen molar-refractivity contribution in [2.75, 3.05) is 27.4 Å². The second-order valence-corrected chi connectivity index (χ2v) is 10.5. The molecule has 194 valence electrons. The van der Waals surface area contributed by atoms with Crippen molar-refractivity contribution in [3.05, 3.63) is 95.7 Å². The topological polar surface area (TPSA) is 82.9 Å². The van der Waals surface area contributed by atoms with Crippen molar-refractivity contribution in [2.24, 2.45) is 0 Å². The number of methoxy groups -OCH3 is 2. The molecular formula is C28H31N3O5S. The second kappa shape index (κ2) is 11.6. The van der Waals surface area contributed by atoms with Crippen molar-refractivity contribution in [2.45, 2.75) is 25.3 Å². The fourth-order valence-corrected chi connectivity index (χ4v) is 5.30. The van der Waals surface area contributed by atoms with Crippen LogP contribution in [0.25, 0.3) is 5.69 Å². The Labute approximate surface area is 218 Å². The van der Waals surface area contributed by atoms with Crippen LogP contribution in [0.4, 0.5) is 0 Å². The van der Waals surface area contributed by atoms with Gasteiger partial charge in [-0.15, -0.1) is 0 Å². The van der Waals surface area contributed by atoms with Gasteiger partial charge in [-0.05, 0) is 67.9 Å². The molecule has 8 nitrogen and oxygen atoms in total. The van der Waals surface area contributed by atoms with E-state index in [2.05, 4.69) is 0 Å². The molecule has 0 aliphatic rings. The monoisotopic (exact) mass is 521 g/mol. The van der Waals surface area contributed by atoms with Gasteiger partial charge in [-0.25, -0.2) is 13.1 Å². The Morgan fingerprint density at radius 1 is 0.892 bits per heavy atom. The average molecular weight is 522 g/mol. The summed E-state index contributed by atoms with van der Waals surface area (Å²) in [7, 11) is -0.776. The third kappa shape index (κ3) is 6.02. The van der Waals surface area contributed by atoms with Gasteiger partial charge in [0, 0.05) is 20.2 Å². The predicted molar refractivity (Wildman–Crippen MR) is 142 cm³/mol. The van der Waals surface area contributed by atoms with Gasteiger partial charge in [0.2, 0.25) is 15.9 Å². The summed E-state index contributed by atoms with van der Waals surface area (Å²) in [5, 5.41) is 4.73. The molecule has 0 aliphatic heterocycles. The fourth-order valence-electron chi connectivity index (χ4n) is 3.91. The lowest BCUT2D eigenvalue weighted by molar-refractivity contribution is 0.177. The quantitative estimate of drug-likeness (QED) is 0.272. The van der Waals surface area contributed by atoms with Gasteiger partial charge in [0.15, 0.2) is 0 Å². The normalized spacial score (nSPS) is 11.6. The molecule has 0 N–H and O–H groups in total. The molecule has 0 saturated heterocycles. The molecular weight excluding hydrogens is 490 g/mol. The van der Waals surface area contributed by atoms with Crippen LogP contribution < -0.4 is 9.47 Å². The number of hydrogen-bond acceptors (Lipinski definition) is 6. The number of benzene rings is 3. The maximum atomic E-state index is 13.7. The smallest absolute Gasteiger partial charge is 0.243 e. The molecule has 1 heterocycles. The fraction of sp³-hybridized carbons (Fsp3) is 0.250. The van der Waals surface area contributed by atoms with E-state index in [4.69, 9.17) is 19.3 Å². The highest BCUT2D eigenvalue weighted by atomic mass is 32.2. The number of aryl methyl sites for hydroxylation is 2. The molecule has 0 spiro atoms. The summed E-state index contributed by atoms with van der Waals surface area (Å²) >= 11 is 0. The first-order chi connectivity index (χ1) is 17.8. The third-order valence-corrected chi connectivity index (χ3v) is 7.78. The van der Waals surface area contributed by atoms with Gasteiger partial charge >= 0.3 is 0 Å². The van der Waals surface area contributed by atoms with Gasteiger partial charge in [0.1, 0.15) is 11.5 Å². The Morgan fingerprint density at radius 3 is 2.27 bits per heavy atom. The van der Waals surface area contributed by atoms with E-state index in [9.17, 15) is 8.42 Å². The van der Waals surface area contributed by atoms with E-state index < -0.39 is 10.0 Å². The van der Waals surface area contributed by atoms with Crippen LogP contribution in [-0.4, -0.2) is 49.9 Å². The lowest BCUT2D eigenvalue weighted by Gasteiger charge is -2.22. The molecule has 0 saturated carbocycles. The van der Waals surface area contributed by atoms with Crippen molar-refractivity contribution in [1.82, 2.24) is 14.1 Å². The number of nitrogens with zero attached hydrogens (tertiary/aromatic N) is 3. The van der Waals surface area contributed by atoms with Gasteiger partial charge in [0.25, 0.3) is 0 Å². The van der Waals surface area contributed by atoms with Gasteiger partial charge in [0.05, 0.1) is 35.6 Å².